The first-order chi connectivity index (χ1) is 19.0. The zero-order valence-electron chi connectivity index (χ0n) is 22.8. The van der Waals surface area contributed by atoms with Gasteiger partial charge in [0.15, 0.2) is 5.78 Å². The van der Waals surface area contributed by atoms with Gasteiger partial charge in [0.2, 0.25) is 11.8 Å². The summed E-state index contributed by atoms with van der Waals surface area (Å²) in [6, 6.07) is 4.56. The molecule has 12 heteroatoms. The number of anilines is 1. The van der Waals surface area contributed by atoms with Crippen LogP contribution in [0.1, 0.15) is 48.9 Å². The molecule has 206 valence electrons. The SMILES string of the molecule is CC(=O)c1nn(CC(=O)N2[C@H](C)[C@@H](C)C[C@H]2C(=O)Nc2nc(Br)ccc2C)c2cnc(-c3cnc(C)cn3)cc12. The van der Waals surface area contributed by atoms with Crippen LogP contribution in [0.15, 0.2) is 41.4 Å². The topological polar surface area (TPSA) is 136 Å². The van der Waals surface area contributed by atoms with Crippen molar-refractivity contribution in [1.29, 1.82) is 0 Å². The highest BCUT2D eigenvalue weighted by atomic mass is 79.9. The van der Waals surface area contributed by atoms with Crippen molar-refractivity contribution in [3.63, 3.8) is 0 Å². The fourth-order valence-electron chi connectivity index (χ4n) is 5.01. The Balaban J connectivity index is 1.44. The van der Waals surface area contributed by atoms with Crippen LogP contribution in [0.5, 0.6) is 0 Å². The van der Waals surface area contributed by atoms with E-state index in [0.717, 1.165) is 11.3 Å². The molecule has 3 atom stereocenters. The van der Waals surface area contributed by atoms with Crippen molar-refractivity contribution in [2.24, 2.45) is 5.92 Å². The normalized spacial score (nSPS) is 18.8. The summed E-state index contributed by atoms with van der Waals surface area (Å²) in [5, 5.41) is 7.94. The molecular weight excluding hydrogens is 576 g/mol. The molecule has 1 N–H and O–H groups in total. The van der Waals surface area contributed by atoms with E-state index in [-0.39, 0.29) is 41.8 Å². The van der Waals surface area contributed by atoms with Gasteiger partial charge in [-0.05, 0) is 66.7 Å². The molecule has 0 bridgehead atoms. The van der Waals surface area contributed by atoms with Crippen molar-refractivity contribution in [3.05, 3.63) is 58.3 Å². The molecule has 5 heterocycles. The van der Waals surface area contributed by atoms with Gasteiger partial charge in [-0.2, -0.15) is 5.10 Å². The average molecular weight is 605 g/mol. The molecule has 1 fully saturated rings. The number of rotatable bonds is 6. The van der Waals surface area contributed by atoms with Gasteiger partial charge in [0.25, 0.3) is 0 Å². The number of fused-ring (bicyclic) bond motifs is 1. The smallest absolute Gasteiger partial charge is 0.248 e. The van der Waals surface area contributed by atoms with Crippen molar-refractivity contribution in [3.8, 4) is 11.4 Å². The summed E-state index contributed by atoms with van der Waals surface area (Å²) in [5.74, 6) is -0.246. The fourth-order valence-corrected chi connectivity index (χ4v) is 5.32. The molecule has 0 aromatic carbocycles. The van der Waals surface area contributed by atoms with E-state index in [1.165, 1.54) is 11.6 Å². The Morgan fingerprint density at radius 2 is 1.80 bits per heavy atom. The summed E-state index contributed by atoms with van der Waals surface area (Å²) < 4.78 is 2.09. The number of Topliss-reactive ketones (excluding diaryl/α,β-unsaturated/α-hetero) is 1. The van der Waals surface area contributed by atoms with E-state index in [2.05, 4.69) is 46.3 Å². The number of ketones is 1. The van der Waals surface area contributed by atoms with Gasteiger partial charge in [-0.3, -0.25) is 34.0 Å². The zero-order valence-corrected chi connectivity index (χ0v) is 24.4. The molecule has 0 unspecified atom stereocenters. The van der Waals surface area contributed by atoms with E-state index in [1.807, 2.05) is 33.8 Å². The van der Waals surface area contributed by atoms with E-state index in [9.17, 15) is 14.4 Å². The minimum Gasteiger partial charge on any atom is -0.326 e. The number of aryl methyl sites for hydroxylation is 2. The molecule has 1 aliphatic rings. The molecule has 5 rings (SSSR count). The van der Waals surface area contributed by atoms with E-state index >= 15 is 0 Å². The summed E-state index contributed by atoms with van der Waals surface area (Å²) in [6.07, 6.45) is 5.37. The zero-order chi connectivity index (χ0) is 28.7. The number of amides is 2. The third-order valence-corrected chi connectivity index (χ3v) is 7.83. The second-order valence-corrected chi connectivity index (χ2v) is 11.1. The Bertz CT molecular complexity index is 1630. The van der Waals surface area contributed by atoms with Crippen molar-refractivity contribution in [2.45, 2.75) is 59.7 Å². The van der Waals surface area contributed by atoms with Gasteiger partial charge in [0.1, 0.15) is 34.4 Å². The highest BCUT2D eigenvalue weighted by Gasteiger charge is 2.43. The van der Waals surface area contributed by atoms with Crippen LogP contribution in [-0.2, 0) is 16.1 Å². The molecule has 40 heavy (non-hydrogen) atoms. The van der Waals surface area contributed by atoms with Crippen LogP contribution < -0.4 is 5.32 Å². The van der Waals surface area contributed by atoms with Crippen LogP contribution in [0, 0.1) is 19.8 Å². The van der Waals surface area contributed by atoms with Gasteiger partial charge in [0.05, 0.1) is 29.3 Å². The Morgan fingerprint density at radius 3 is 2.50 bits per heavy atom. The van der Waals surface area contributed by atoms with Crippen molar-refractivity contribution in [2.75, 3.05) is 5.32 Å². The predicted molar refractivity (Wildman–Crippen MR) is 152 cm³/mol. The third kappa shape index (κ3) is 5.23. The quantitative estimate of drug-likeness (QED) is 0.256. The maximum Gasteiger partial charge on any atom is 0.248 e. The second kappa shape index (κ2) is 10.8. The predicted octanol–water partition coefficient (Wildman–Crippen LogP) is 4.13. The molecule has 0 spiro atoms. The van der Waals surface area contributed by atoms with Gasteiger partial charge in [0, 0.05) is 24.5 Å². The number of carbonyl (C=O) groups is 3. The molecule has 1 aliphatic heterocycles. The highest BCUT2D eigenvalue weighted by molar-refractivity contribution is 9.10. The Morgan fingerprint density at radius 1 is 1.05 bits per heavy atom. The van der Waals surface area contributed by atoms with Gasteiger partial charge >= 0.3 is 0 Å². The number of hydrogen-bond acceptors (Lipinski definition) is 8. The van der Waals surface area contributed by atoms with E-state index in [4.69, 9.17) is 0 Å². The van der Waals surface area contributed by atoms with Gasteiger partial charge < -0.3 is 10.2 Å². The summed E-state index contributed by atoms with van der Waals surface area (Å²) in [7, 11) is 0. The first-order valence-electron chi connectivity index (χ1n) is 12.9. The molecule has 0 radical (unpaired) electrons. The second-order valence-electron chi connectivity index (χ2n) is 10.3. The lowest BCUT2D eigenvalue weighted by Gasteiger charge is -2.28. The van der Waals surface area contributed by atoms with Crippen LogP contribution in [0.3, 0.4) is 0 Å². The minimum absolute atomic E-state index is 0.109. The number of likely N-dealkylation sites (tertiary alicyclic amines) is 1. The van der Waals surface area contributed by atoms with E-state index in [0.29, 0.717) is 39.1 Å². The Kier molecular flexibility index (Phi) is 7.45. The summed E-state index contributed by atoms with van der Waals surface area (Å²) in [6.45, 7) is 8.95. The molecule has 2 amide bonds. The van der Waals surface area contributed by atoms with Gasteiger partial charge in [-0.25, -0.2) is 4.98 Å². The monoisotopic (exact) mass is 604 g/mol. The molecule has 11 nitrogen and oxygen atoms in total. The largest absolute Gasteiger partial charge is 0.326 e. The molecule has 4 aromatic rings. The Hall–Kier alpha value is -4.06. The number of halogens is 1. The van der Waals surface area contributed by atoms with Crippen LogP contribution >= 0.6 is 15.9 Å². The number of aromatic nitrogens is 6. The van der Waals surface area contributed by atoms with Crippen LogP contribution in [0.25, 0.3) is 22.3 Å². The first-order valence-corrected chi connectivity index (χ1v) is 13.7. The third-order valence-electron chi connectivity index (χ3n) is 7.39. The van der Waals surface area contributed by atoms with Gasteiger partial charge in [-0.15, -0.1) is 0 Å². The maximum atomic E-state index is 13.7. The van der Waals surface area contributed by atoms with Crippen LogP contribution in [-0.4, -0.2) is 64.3 Å². The summed E-state index contributed by atoms with van der Waals surface area (Å²) in [4.78, 5) is 58.8. The van der Waals surface area contributed by atoms with E-state index in [1.54, 1.807) is 35.6 Å². The number of hydrogen-bond donors (Lipinski definition) is 1. The molecular formula is C28H29BrN8O3. The van der Waals surface area contributed by atoms with Crippen molar-refractivity contribution < 1.29 is 14.4 Å². The minimum atomic E-state index is -0.670. The number of pyridine rings is 2. The summed E-state index contributed by atoms with van der Waals surface area (Å²) in [5.41, 5.74) is 3.48. The lowest BCUT2D eigenvalue weighted by Crippen LogP contribution is -2.47. The first kappa shape index (κ1) is 27.5. The van der Waals surface area contributed by atoms with Crippen molar-refractivity contribution in [1.82, 2.24) is 34.6 Å². The molecule has 4 aromatic heterocycles. The van der Waals surface area contributed by atoms with Crippen LogP contribution in [0.4, 0.5) is 5.82 Å². The fraction of sp³-hybridized carbons (Fsp3) is 0.357. The van der Waals surface area contributed by atoms with Gasteiger partial charge in [-0.1, -0.05) is 13.0 Å². The number of carbonyl (C=O) groups excluding carboxylic acids is 3. The van der Waals surface area contributed by atoms with Crippen LogP contribution in [0.2, 0.25) is 0 Å². The molecule has 0 saturated carbocycles. The molecule has 1 saturated heterocycles. The average Bonchev–Trinajstić information content (AvgIpc) is 3.43. The standard InChI is InChI=1S/C28H29BrN8O3/c1-14-6-7-24(29)33-27(14)34-28(40)22-8-15(2)17(4)37(22)25(39)13-36-23-12-32-20(21-11-30-16(3)10-31-21)9-19(23)26(35-36)18(5)38/h6-7,9-12,15,17,22H,8,13H2,1-5H3,(H,33,34,40)/t15-,17+,22-/m0/s1. The molecule has 0 aliphatic carbocycles. The number of nitrogens with zero attached hydrogens (tertiary/aromatic N) is 7. The van der Waals surface area contributed by atoms with E-state index < -0.39 is 6.04 Å². The lowest BCUT2D eigenvalue weighted by atomic mass is 10.0. The Labute approximate surface area is 239 Å². The number of nitrogens with one attached hydrogen (secondary N) is 1. The maximum absolute atomic E-state index is 13.7. The highest BCUT2D eigenvalue weighted by Crippen LogP contribution is 2.32. The van der Waals surface area contributed by atoms with Crippen molar-refractivity contribution >= 4 is 50.2 Å². The lowest BCUT2D eigenvalue weighted by molar-refractivity contribution is -0.139. The summed E-state index contributed by atoms with van der Waals surface area (Å²) >= 11 is 3.34.